The van der Waals surface area contributed by atoms with Crippen molar-refractivity contribution in [3.63, 3.8) is 0 Å². The van der Waals surface area contributed by atoms with Gasteiger partial charge in [-0.05, 0) is 23.3 Å². The van der Waals surface area contributed by atoms with Crippen molar-refractivity contribution in [1.82, 2.24) is 9.55 Å². The molecule has 1 heterocycles. The Kier molecular flexibility index (Phi) is 5.34. The zero-order chi connectivity index (χ0) is 18.5. The molecule has 2 aromatic carbocycles. The minimum atomic E-state index is -0.482. The fourth-order valence-electron chi connectivity index (χ4n) is 2.36. The van der Waals surface area contributed by atoms with E-state index >= 15 is 0 Å². The van der Waals surface area contributed by atoms with E-state index in [4.69, 9.17) is 11.6 Å². The monoisotopic (exact) mass is 368 g/mol. The van der Waals surface area contributed by atoms with Gasteiger partial charge in [0, 0.05) is 18.1 Å². The van der Waals surface area contributed by atoms with Gasteiger partial charge in [-0.3, -0.25) is 19.4 Å². The normalized spacial score (nSPS) is 11.0. The number of halogens is 1. The number of H-pyrrole nitrogens is 1. The first-order chi connectivity index (χ1) is 12.5. The molecule has 0 fully saturated rings. The van der Waals surface area contributed by atoms with Gasteiger partial charge < -0.3 is 0 Å². The molecule has 26 heavy (non-hydrogen) atoms. The lowest BCUT2D eigenvalue weighted by molar-refractivity contribution is 0.695. The molecule has 1 N–H and O–H groups in total. The van der Waals surface area contributed by atoms with Crippen LogP contribution in [0.3, 0.4) is 0 Å². The van der Waals surface area contributed by atoms with Gasteiger partial charge in [0.25, 0.3) is 5.56 Å². The van der Waals surface area contributed by atoms with Crippen LogP contribution >= 0.6 is 11.6 Å². The van der Waals surface area contributed by atoms with Gasteiger partial charge in [0.05, 0.1) is 12.8 Å². The molecule has 0 spiro atoms. The first kappa shape index (κ1) is 17.7. The van der Waals surface area contributed by atoms with Crippen molar-refractivity contribution < 1.29 is 0 Å². The van der Waals surface area contributed by atoms with E-state index < -0.39 is 5.69 Å². The average Bonchev–Trinajstić information content (AvgIpc) is 2.64. The van der Waals surface area contributed by atoms with Gasteiger partial charge in [0.1, 0.15) is 5.82 Å². The summed E-state index contributed by atoms with van der Waals surface area (Å²) in [7, 11) is 1.65. The molecule has 132 valence electrons. The first-order valence-corrected chi connectivity index (χ1v) is 8.32. The van der Waals surface area contributed by atoms with Gasteiger partial charge in [-0.15, -0.1) is 0 Å². The van der Waals surface area contributed by atoms with E-state index in [1.165, 1.54) is 11.1 Å². The van der Waals surface area contributed by atoms with E-state index in [-0.39, 0.29) is 12.1 Å². The van der Waals surface area contributed by atoms with E-state index in [0.29, 0.717) is 10.8 Å². The van der Waals surface area contributed by atoms with Crippen LogP contribution in [0.25, 0.3) is 0 Å². The number of rotatable bonds is 5. The predicted octanol–water partition coefficient (Wildman–Crippen LogP) is 2.71. The molecule has 0 aliphatic rings. The van der Waals surface area contributed by atoms with Crippen molar-refractivity contribution in [2.24, 2.45) is 5.10 Å². The maximum absolute atomic E-state index is 12.3. The Morgan fingerprint density at radius 2 is 1.81 bits per heavy atom. The van der Waals surface area contributed by atoms with Crippen LogP contribution in [0.4, 0.5) is 5.82 Å². The molecule has 0 radical (unpaired) electrons. The third-order valence-corrected chi connectivity index (χ3v) is 4.04. The minimum Gasteiger partial charge on any atom is -0.292 e. The number of nitrogens with zero attached hydrogens (tertiary/aromatic N) is 3. The minimum absolute atomic E-state index is 0.215. The molecule has 1 aromatic heterocycles. The van der Waals surface area contributed by atoms with Gasteiger partial charge in [0.15, 0.2) is 0 Å². The summed E-state index contributed by atoms with van der Waals surface area (Å²) in [5.74, 6) is 0.314. The van der Waals surface area contributed by atoms with Gasteiger partial charge >= 0.3 is 5.69 Å². The maximum Gasteiger partial charge on any atom is 0.330 e. The van der Waals surface area contributed by atoms with Crippen LogP contribution in [-0.2, 0) is 6.54 Å². The lowest BCUT2D eigenvalue weighted by atomic mass is 10.2. The van der Waals surface area contributed by atoms with E-state index in [0.717, 1.165) is 15.7 Å². The predicted molar refractivity (Wildman–Crippen MR) is 104 cm³/mol. The van der Waals surface area contributed by atoms with Gasteiger partial charge in [0.2, 0.25) is 0 Å². The molecule has 3 rings (SSSR count). The second-order valence-corrected chi connectivity index (χ2v) is 6.13. The second kappa shape index (κ2) is 7.84. The molecule has 0 saturated carbocycles. The fraction of sp³-hybridized carbons (Fsp3) is 0.105. The lowest BCUT2D eigenvalue weighted by Crippen LogP contribution is -2.36. The Hall–Kier alpha value is -3.12. The number of hydrogen-bond donors (Lipinski definition) is 1. The molecule has 3 aromatic rings. The molecule has 0 aliphatic heterocycles. The Balaban J connectivity index is 1.81. The van der Waals surface area contributed by atoms with Crippen molar-refractivity contribution >= 4 is 23.6 Å². The van der Waals surface area contributed by atoms with Crippen molar-refractivity contribution in [3.8, 4) is 0 Å². The van der Waals surface area contributed by atoms with Crippen LogP contribution in [0.2, 0.25) is 5.02 Å². The molecule has 0 bridgehead atoms. The highest BCUT2D eigenvalue weighted by molar-refractivity contribution is 6.30. The Morgan fingerprint density at radius 1 is 1.12 bits per heavy atom. The molecular weight excluding hydrogens is 352 g/mol. The highest BCUT2D eigenvalue weighted by atomic mass is 35.5. The summed E-state index contributed by atoms with van der Waals surface area (Å²) < 4.78 is 1.15. The maximum atomic E-state index is 12.3. The summed E-state index contributed by atoms with van der Waals surface area (Å²) in [6.07, 6.45) is 1.62. The number of aromatic nitrogens is 2. The fourth-order valence-corrected chi connectivity index (χ4v) is 2.49. The third-order valence-electron chi connectivity index (χ3n) is 3.79. The Labute approximate surface area is 155 Å². The molecule has 0 amide bonds. The van der Waals surface area contributed by atoms with Crippen LogP contribution in [0.5, 0.6) is 0 Å². The zero-order valence-electron chi connectivity index (χ0n) is 14.1. The van der Waals surface area contributed by atoms with Crippen LogP contribution in [0.15, 0.2) is 75.4 Å². The number of anilines is 1. The largest absolute Gasteiger partial charge is 0.330 e. The summed E-state index contributed by atoms with van der Waals surface area (Å²) in [5.41, 5.74) is 0.856. The van der Waals surface area contributed by atoms with Gasteiger partial charge in [-0.25, -0.2) is 4.79 Å². The van der Waals surface area contributed by atoms with Crippen LogP contribution < -0.4 is 16.3 Å². The number of hydrogen-bond acceptors (Lipinski definition) is 4. The van der Waals surface area contributed by atoms with Crippen LogP contribution in [0, 0.1) is 0 Å². The summed E-state index contributed by atoms with van der Waals surface area (Å²) >= 11 is 5.85. The SMILES string of the molecule is CN(/N=C/c1ccc(Cl)cc1)c1cc(=O)n(Cc2ccccc2)c(=O)[nH]1. The van der Waals surface area contributed by atoms with E-state index in [1.807, 2.05) is 42.5 Å². The van der Waals surface area contributed by atoms with Crippen molar-refractivity contribution in [3.05, 3.63) is 97.7 Å². The van der Waals surface area contributed by atoms with Crippen LogP contribution in [0.1, 0.15) is 11.1 Å². The number of aromatic amines is 1. The van der Waals surface area contributed by atoms with E-state index in [1.54, 1.807) is 25.4 Å². The summed E-state index contributed by atoms with van der Waals surface area (Å²) in [5, 5.41) is 6.31. The number of nitrogens with one attached hydrogen (secondary N) is 1. The summed E-state index contributed by atoms with van der Waals surface area (Å²) in [6.45, 7) is 0.215. The quantitative estimate of drug-likeness (QED) is 0.556. The zero-order valence-corrected chi connectivity index (χ0v) is 14.8. The standard InChI is InChI=1S/C19H17ClN4O2/c1-23(21-12-14-7-9-16(20)10-8-14)17-11-18(25)24(19(26)22-17)13-15-5-3-2-4-6-15/h2-12H,13H2,1H3,(H,22,26)/b21-12+. The summed E-state index contributed by atoms with van der Waals surface area (Å²) in [4.78, 5) is 27.3. The Bertz CT molecular complexity index is 993. The smallest absolute Gasteiger partial charge is 0.292 e. The molecule has 0 saturated heterocycles. The second-order valence-electron chi connectivity index (χ2n) is 5.69. The highest BCUT2D eigenvalue weighted by Crippen LogP contribution is 2.09. The first-order valence-electron chi connectivity index (χ1n) is 7.94. The van der Waals surface area contributed by atoms with Crippen LogP contribution in [-0.4, -0.2) is 22.8 Å². The van der Waals surface area contributed by atoms with E-state index in [9.17, 15) is 9.59 Å². The Morgan fingerprint density at radius 3 is 2.46 bits per heavy atom. The number of benzene rings is 2. The summed E-state index contributed by atoms with van der Waals surface area (Å²) in [6, 6.07) is 17.8. The van der Waals surface area contributed by atoms with Gasteiger partial charge in [-0.2, -0.15) is 5.10 Å². The highest BCUT2D eigenvalue weighted by Gasteiger charge is 2.07. The average molecular weight is 369 g/mol. The van der Waals surface area contributed by atoms with Gasteiger partial charge in [-0.1, -0.05) is 54.1 Å². The van der Waals surface area contributed by atoms with E-state index in [2.05, 4.69) is 10.1 Å². The third kappa shape index (κ3) is 4.29. The molecular formula is C19H17ClN4O2. The van der Waals surface area contributed by atoms with Crippen molar-refractivity contribution in [2.45, 2.75) is 6.54 Å². The number of hydrazone groups is 1. The van der Waals surface area contributed by atoms with Crippen molar-refractivity contribution in [2.75, 3.05) is 12.1 Å². The molecule has 0 unspecified atom stereocenters. The molecule has 7 heteroatoms. The molecule has 6 nitrogen and oxygen atoms in total. The molecule has 0 atom stereocenters. The molecule has 0 aliphatic carbocycles. The van der Waals surface area contributed by atoms with Crippen molar-refractivity contribution in [1.29, 1.82) is 0 Å². The topological polar surface area (TPSA) is 70.5 Å². The lowest BCUT2D eigenvalue weighted by Gasteiger charge is -2.13.